The van der Waals surface area contributed by atoms with Gasteiger partial charge in [-0.1, -0.05) is 50.6 Å². The molecule has 0 aliphatic carbocycles. The number of hydrogen-bond acceptors (Lipinski definition) is 4. The molecule has 5 nitrogen and oxygen atoms in total. The van der Waals surface area contributed by atoms with Gasteiger partial charge >= 0.3 is 0 Å². The number of ether oxygens (including phenoxy) is 1. The molecule has 0 amide bonds. The number of rotatable bonds is 13. The predicted octanol–water partition coefficient (Wildman–Crippen LogP) is 6.68. The first-order chi connectivity index (χ1) is 15.6. The first-order valence-corrected chi connectivity index (χ1v) is 11.5. The number of ketones is 1. The highest BCUT2D eigenvalue weighted by Crippen LogP contribution is 2.27. The summed E-state index contributed by atoms with van der Waals surface area (Å²) in [6.45, 7) is 8.95. The number of nitrogens with zero attached hydrogens (tertiary/aromatic N) is 3. The zero-order valence-electron chi connectivity index (χ0n) is 19.2. The van der Waals surface area contributed by atoms with Crippen molar-refractivity contribution < 1.29 is 9.53 Å². The highest BCUT2D eigenvalue weighted by atomic mass is 16.5. The van der Waals surface area contributed by atoms with Crippen LogP contribution in [0.4, 0.5) is 0 Å². The van der Waals surface area contributed by atoms with Crippen LogP contribution in [0.5, 0.6) is 5.75 Å². The molecule has 0 saturated carbocycles. The molecule has 0 fully saturated rings. The summed E-state index contributed by atoms with van der Waals surface area (Å²) in [5, 5.41) is 4.44. The van der Waals surface area contributed by atoms with Gasteiger partial charge in [-0.05, 0) is 55.5 Å². The van der Waals surface area contributed by atoms with Crippen LogP contribution in [-0.2, 0) is 4.79 Å². The fraction of sp³-hybridized carbons (Fsp3) is 0.370. The normalized spacial score (nSPS) is 11.3. The van der Waals surface area contributed by atoms with E-state index in [1.54, 1.807) is 4.52 Å². The molecule has 0 N–H and O–H groups in total. The van der Waals surface area contributed by atoms with Crippen molar-refractivity contribution in [2.45, 2.75) is 58.8 Å². The maximum absolute atomic E-state index is 11.9. The zero-order chi connectivity index (χ0) is 22.8. The molecule has 0 unspecified atom stereocenters. The summed E-state index contributed by atoms with van der Waals surface area (Å²) < 4.78 is 7.56. The molecular formula is C27H33N3O2. The van der Waals surface area contributed by atoms with Crippen LogP contribution in [0, 0.1) is 0 Å². The van der Waals surface area contributed by atoms with Crippen molar-refractivity contribution in [3.8, 4) is 16.9 Å². The van der Waals surface area contributed by atoms with Crippen LogP contribution in [0.15, 0.2) is 61.0 Å². The number of benzene rings is 1. The lowest BCUT2D eigenvalue weighted by molar-refractivity contribution is -0.118. The SMILES string of the molecule is C=C(CC/C=C/c1ccn2ncc(-c3cccc(OCCC)c3)c2n1)CC(=O)CCCC. The largest absolute Gasteiger partial charge is 0.494 e. The number of aromatic nitrogens is 3. The Bertz CT molecular complexity index is 1080. The van der Waals surface area contributed by atoms with Gasteiger partial charge in [0.1, 0.15) is 11.5 Å². The Morgan fingerprint density at radius 3 is 2.88 bits per heavy atom. The Morgan fingerprint density at radius 1 is 1.19 bits per heavy atom. The fourth-order valence-electron chi connectivity index (χ4n) is 3.47. The lowest BCUT2D eigenvalue weighted by Gasteiger charge is -2.06. The van der Waals surface area contributed by atoms with Crippen LogP contribution in [0.25, 0.3) is 22.9 Å². The smallest absolute Gasteiger partial charge is 0.163 e. The number of fused-ring (bicyclic) bond motifs is 1. The van der Waals surface area contributed by atoms with Crippen LogP contribution in [0.2, 0.25) is 0 Å². The van der Waals surface area contributed by atoms with Gasteiger partial charge in [-0.15, -0.1) is 0 Å². The molecular weight excluding hydrogens is 398 g/mol. The number of carbonyl (C=O) groups excluding carboxylic acids is 1. The molecule has 0 aliphatic heterocycles. The summed E-state index contributed by atoms with van der Waals surface area (Å²) in [5.74, 6) is 1.15. The lowest BCUT2D eigenvalue weighted by atomic mass is 10.0. The first kappa shape index (κ1) is 23.5. The molecule has 0 saturated heterocycles. The molecule has 3 aromatic rings. The Hall–Kier alpha value is -3.21. The summed E-state index contributed by atoms with van der Waals surface area (Å²) >= 11 is 0. The average Bonchev–Trinajstić information content (AvgIpc) is 3.22. The molecule has 2 heterocycles. The van der Waals surface area contributed by atoms with Gasteiger partial charge in [0.25, 0.3) is 0 Å². The molecule has 3 rings (SSSR count). The summed E-state index contributed by atoms with van der Waals surface area (Å²) in [6, 6.07) is 9.99. The van der Waals surface area contributed by atoms with Crippen LogP contribution in [0.1, 0.15) is 64.5 Å². The number of carbonyl (C=O) groups is 1. The second-order valence-corrected chi connectivity index (χ2v) is 8.07. The van der Waals surface area contributed by atoms with E-state index in [9.17, 15) is 4.79 Å². The molecule has 0 spiro atoms. The van der Waals surface area contributed by atoms with E-state index in [0.717, 1.165) is 65.9 Å². The lowest BCUT2D eigenvalue weighted by Crippen LogP contribution is -1.99. The fourth-order valence-corrected chi connectivity index (χ4v) is 3.47. The molecule has 0 atom stereocenters. The van der Waals surface area contributed by atoms with Gasteiger partial charge in [0.2, 0.25) is 0 Å². The minimum absolute atomic E-state index is 0.297. The molecule has 2 aromatic heterocycles. The van der Waals surface area contributed by atoms with Gasteiger partial charge in [-0.2, -0.15) is 5.10 Å². The summed E-state index contributed by atoms with van der Waals surface area (Å²) in [4.78, 5) is 16.7. The number of hydrogen-bond donors (Lipinski definition) is 0. The van der Waals surface area contributed by atoms with Gasteiger partial charge in [-0.3, -0.25) is 4.79 Å². The Kier molecular flexibility index (Phi) is 8.79. The Labute approximate surface area is 190 Å². The van der Waals surface area contributed by atoms with Crippen LogP contribution >= 0.6 is 0 Å². The van der Waals surface area contributed by atoms with Gasteiger partial charge in [0.15, 0.2) is 5.65 Å². The van der Waals surface area contributed by atoms with E-state index in [1.807, 2.05) is 48.8 Å². The zero-order valence-corrected chi connectivity index (χ0v) is 19.2. The number of Topliss-reactive ketones (excluding diaryl/α,β-unsaturated/α-hetero) is 1. The standard InChI is InChI=1S/C27H33N3O2/c1-4-6-13-24(31)18-21(3)10-7-8-12-23-15-16-30-27(29-23)26(20-28-30)22-11-9-14-25(19-22)32-17-5-2/h8-9,11-12,14-16,19-20H,3-7,10,13,17-18H2,1-2H3/b12-8+. The molecule has 0 aliphatic rings. The molecule has 5 heteroatoms. The molecule has 0 bridgehead atoms. The average molecular weight is 432 g/mol. The maximum Gasteiger partial charge on any atom is 0.163 e. The van der Waals surface area contributed by atoms with Crippen molar-refractivity contribution in [2.75, 3.05) is 6.61 Å². The van der Waals surface area contributed by atoms with Gasteiger partial charge in [-0.25, -0.2) is 9.50 Å². The first-order valence-electron chi connectivity index (χ1n) is 11.5. The van der Waals surface area contributed by atoms with Crippen LogP contribution < -0.4 is 4.74 Å². The van der Waals surface area contributed by atoms with Crippen molar-refractivity contribution in [1.29, 1.82) is 0 Å². The van der Waals surface area contributed by atoms with Crippen molar-refractivity contribution in [1.82, 2.24) is 14.6 Å². The Morgan fingerprint density at radius 2 is 2.06 bits per heavy atom. The van der Waals surface area contributed by atoms with E-state index in [0.29, 0.717) is 25.2 Å². The quantitative estimate of drug-likeness (QED) is 0.283. The van der Waals surface area contributed by atoms with Gasteiger partial charge in [0.05, 0.1) is 18.5 Å². The van der Waals surface area contributed by atoms with E-state index >= 15 is 0 Å². The summed E-state index contributed by atoms with van der Waals surface area (Å²) in [6.07, 6.45) is 13.7. The molecule has 32 heavy (non-hydrogen) atoms. The summed E-state index contributed by atoms with van der Waals surface area (Å²) in [7, 11) is 0. The van der Waals surface area contributed by atoms with Crippen LogP contribution in [0.3, 0.4) is 0 Å². The minimum atomic E-state index is 0.297. The second kappa shape index (κ2) is 12.0. The maximum atomic E-state index is 11.9. The third kappa shape index (κ3) is 6.64. The van der Waals surface area contributed by atoms with E-state index in [2.05, 4.69) is 31.6 Å². The topological polar surface area (TPSA) is 56.5 Å². The van der Waals surface area contributed by atoms with Crippen molar-refractivity contribution in [3.63, 3.8) is 0 Å². The van der Waals surface area contributed by atoms with Gasteiger partial charge < -0.3 is 4.74 Å². The summed E-state index contributed by atoms with van der Waals surface area (Å²) in [5.41, 5.74) is 4.70. The van der Waals surface area contributed by atoms with E-state index in [4.69, 9.17) is 9.72 Å². The third-order valence-corrected chi connectivity index (χ3v) is 5.22. The van der Waals surface area contributed by atoms with E-state index in [1.165, 1.54) is 0 Å². The van der Waals surface area contributed by atoms with E-state index < -0.39 is 0 Å². The molecule has 1 aromatic carbocycles. The monoisotopic (exact) mass is 431 g/mol. The highest BCUT2D eigenvalue weighted by Gasteiger charge is 2.09. The van der Waals surface area contributed by atoms with Crippen molar-refractivity contribution in [2.24, 2.45) is 0 Å². The van der Waals surface area contributed by atoms with Crippen molar-refractivity contribution in [3.05, 3.63) is 66.6 Å². The van der Waals surface area contributed by atoms with Gasteiger partial charge in [0, 0.05) is 24.6 Å². The van der Waals surface area contributed by atoms with Crippen LogP contribution in [-0.4, -0.2) is 27.0 Å². The molecule has 168 valence electrons. The van der Waals surface area contributed by atoms with Crippen molar-refractivity contribution >= 4 is 17.5 Å². The highest BCUT2D eigenvalue weighted by molar-refractivity contribution is 5.80. The Balaban J connectivity index is 1.64. The number of unbranched alkanes of at least 4 members (excludes halogenated alkanes) is 1. The molecule has 0 radical (unpaired) electrons. The van der Waals surface area contributed by atoms with E-state index in [-0.39, 0.29) is 0 Å². The number of allylic oxidation sites excluding steroid dienone is 2. The third-order valence-electron chi connectivity index (χ3n) is 5.22. The second-order valence-electron chi connectivity index (χ2n) is 8.07. The predicted molar refractivity (Wildman–Crippen MR) is 131 cm³/mol. The minimum Gasteiger partial charge on any atom is -0.494 e.